The number of aliphatic carboxylic acids is 1. The molecule has 74 valence electrons. The highest BCUT2D eigenvalue weighted by molar-refractivity contribution is 5.83. The molecule has 13 heavy (non-hydrogen) atoms. The van der Waals surface area contributed by atoms with Gasteiger partial charge < -0.3 is 14.7 Å². The van der Waals surface area contributed by atoms with Gasteiger partial charge in [-0.3, -0.25) is 4.79 Å². The molecule has 0 bridgehead atoms. The number of amides is 1. The molecule has 1 unspecified atom stereocenters. The van der Waals surface area contributed by atoms with Gasteiger partial charge in [-0.25, -0.2) is 4.79 Å². The summed E-state index contributed by atoms with van der Waals surface area (Å²) in [6.45, 7) is 3.79. The molecule has 0 aromatic carbocycles. The van der Waals surface area contributed by atoms with E-state index in [1.54, 1.807) is 0 Å². The minimum atomic E-state index is -1.25. The number of morpholine rings is 1. The summed E-state index contributed by atoms with van der Waals surface area (Å²) < 4.78 is 4.98. The fraction of sp³-hybridized carbons (Fsp3) is 0.750. The van der Waals surface area contributed by atoms with Gasteiger partial charge >= 0.3 is 5.97 Å². The van der Waals surface area contributed by atoms with Crippen molar-refractivity contribution in [1.82, 2.24) is 4.90 Å². The number of ether oxygens (including phenoxy) is 1. The fourth-order valence-corrected chi connectivity index (χ4v) is 1.23. The molecule has 1 N–H and O–H groups in total. The minimum Gasteiger partial charge on any atom is -0.479 e. The summed E-state index contributed by atoms with van der Waals surface area (Å²) in [4.78, 5) is 23.4. The molecular formula is C8H13NO4. The SMILES string of the molecule is CCN1CC(C)(C(=O)O)OCC1=O. The van der Waals surface area contributed by atoms with E-state index in [0.717, 1.165) is 0 Å². The normalized spacial score (nSPS) is 29.1. The maximum atomic E-state index is 11.1. The first kappa shape index (κ1) is 9.98. The Hall–Kier alpha value is -1.10. The van der Waals surface area contributed by atoms with Gasteiger partial charge in [-0.1, -0.05) is 0 Å². The quantitative estimate of drug-likeness (QED) is 0.645. The highest BCUT2D eigenvalue weighted by Crippen LogP contribution is 2.18. The van der Waals surface area contributed by atoms with Crippen molar-refractivity contribution in [2.75, 3.05) is 19.7 Å². The monoisotopic (exact) mass is 187 g/mol. The van der Waals surface area contributed by atoms with Gasteiger partial charge in [0, 0.05) is 6.54 Å². The Morgan fingerprint density at radius 3 is 2.85 bits per heavy atom. The third kappa shape index (κ3) is 1.80. The number of carbonyl (C=O) groups is 2. The topological polar surface area (TPSA) is 66.8 Å². The molecule has 1 rings (SSSR count). The number of rotatable bonds is 2. The molecule has 0 aromatic heterocycles. The van der Waals surface area contributed by atoms with E-state index in [-0.39, 0.29) is 19.1 Å². The van der Waals surface area contributed by atoms with Crippen molar-refractivity contribution >= 4 is 11.9 Å². The average molecular weight is 187 g/mol. The Bertz CT molecular complexity index is 238. The minimum absolute atomic E-state index is 0.123. The molecule has 1 atom stereocenters. The van der Waals surface area contributed by atoms with Gasteiger partial charge in [0.05, 0.1) is 6.54 Å². The lowest BCUT2D eigenvalue weighted by molar-refractivity contribution is -0.181. The molecule has 1 fully saturated rings. The number of nitrogens with zero attached hydrogens (tertiary/aromatic N) is 1. The Kier molecular flexibility index (Phi) is 2.56. The molecule has 0 radical (unpaired) electrons. The van der Waals surface area contributed by atoms with E-state index in [4.69, 9.17) is 9.84 Å². The largest absolute Gasteiger partial charge is 0.479 e. The van der Waals surface area contributed by atoms with Crippen LogP contribution in [0, 0.1) is 0 Å². The summed E-state index contributed by atoms with van der Waals surface area (Å²) in [7, 11) is 0. The highest BCUT2D eigenvalue weighted by Gasteiger charge is 2.41. The van der Waals surface area contributed by atoms with Gasteiger partial charge in [0.1, 0.15) is 6.61 Å². The van der Waals surface area contributed by atoms with E-state index in [0.29, 0.717) is 6.54 Å². The second-order valence-electron chi connectivity index (χ2n) is 3.23. The first-order chi connectivity index (χ1) is 5.99. The predicted octanol–water partition coefficient (Wildman–Crippen LogP) is -0.292. The summed E-state index contributed by atoms with van der Waals surface area (Å²) in [5.41, 5.74) is -1.25. The summed E-state index contributed by atoms with van der Waals surface area (Å²) in [6.07, 6.45) is 0. The summed E-state index contributed by atoms with van der Waals surface area (Å²) >= 11 is 0. The molecule has 0 aromatic rings. The Morgan fingerprint density at radius 1 is 1.77 bits per heavy atom. The van der Waals surface area contributed by atoms with Crippen molar-refractivity contribution in [2.45, 2.75) is 19.4 Å². The molecule has 0 spiro atoms. The molecule has 1 aliphatic heterocycles. The standard InChI is InChI=1S/C8H13NO4/c1-3-9-5-8(2,7(11)12)13-4-6(9)10/h3-5H2,1-2H3,(H,11,12). The Labute approximate surface area is 76.3 Å². The van der Waals surface area contributed by atoms with Crippen molar-refractivity contribution in [3.63, 3.8) is 0 Å². The van der Waals surface area contributed by atoms with Crippen molar-refractivity contribution in [2.24, 2.45) is 0 Å². The van der Waals surface area contributed by atoms with Crippen LogP contribution < -0.4 is 0 Å². The third-order valence-electron chi connectivity index (χ3n) is 2.19. The molecule has 0 aliphatic carbocycles. The zero-order chi connectivity index (χ0) is 10.1. The number of hydrogen-bond donors (Lipinski definition) is 1. The van der Waals surface area contributed by atoms with Crippen molar-refractivity contribution in [3.8, 4) is 0 Å². The second kappa shape index (κ2) is 3.33. The van der Waals surface area contributed by atoms with Crippen LogP contribution in [0.5, 0.6) is 0 Å². The first-order valence-corrected chi connectivity index (χ1v) is 4.14. The van der Waals surface area contributed by atoms with E-state index in [2.05, 4.69) is 0 Å². The maximum Gasteiger partial charge on any atom is 0.337 e. The summed E-state index contributed by atoms with van der Waals surface area (Å²) in [5, 5.41) is 8.83. The molecular weight excluding hydrogens is 174 g/mol. The van der Waals surface area contributed by atoms with Crippen LogP contribution >= 0.6 is 0 Å². The van der Waals surface area contributed by atoms with E-state index < -0.39 is 11.6 Å². The number of carboxylic acids is 1. The lowest BCUT2D eigenvalue weighted by Gasteiger charge is -2.36. The predicted molar refractivity (Wildman–Crippen MR) is 44.2 cm³/mol. The lowest BCUT2D eigenvalue weighted by atomic mass is 10.0. The van der Waals surface area contributed by atoms with Crippen LogP contribution in [0.2, 0.25) is 0 Å². The van der Waals surface area contributed by atoms with Crippen molar-refractivity contribution in [3.05, 3.63) is 0 Å². The zero-order valence-electron chi connectivity index (χ0n) is 7.74. The van der Waals surface area contributed by atoms with Gasteiger partial charge in [0.15, 0.2) is 5.60 Å². The van der Waals surface area contributed by atoms with Crippen LogP contribution in [0.1, 0.15) is 13.8 Å². The molecule has 1 heterocycles. The van der Waals surface area contributed by atoms with Gasteiger partial charge in [-0.2, -0.15) is 0 Å². The first-order valence-electron chi connectivity index (χ1n) is 4.14. The van der Waals surface area contributed by atoms with Crippen LogP contribution in [0.25, 0.3) is 0 Å². The Morgan fingerprint density at radius 2 is 2.38 bits per heavy atom. The van der Waals surface area contributed by atoms with Crippen LogP contribution in [0.3, 0.4) is 0 Å². The molecule has 0 saturated carbocycles. The molecule has 5 heteroatoms. The van der Waals surface area contributed by atoms with Gasteiger partial charge in [0.25, 0.3) is 0 Å². The zero-order valence-corrected chi connectivity index (χ0v) is 7.74. The van der Waals surface area contributed by atoms with E-state index in [1.165, 1.54) is 11.8 Å². The smallest absolute Gasteiger partial charge is 0.337 e. The average Bonchev–Trinajstić information content (AvgIpc) is 2.09. The third-order valence-corrected chi connectivity index (χ3v) is 2.19. The number of likely N-dealkylation sites (N-methyl/N-ethyl adjacent to an activating group) is 1. The van der Waals surface area contributed by atoms with Gasteiger partial charge in [-0.05, 0) is 13.8 Å². The number of hydrogen-bond acceptors (Lipinski definition) is 3. The molecule has 1 amide bonds. The highest BCUT2D eigenvalue weighted by atomic mass is 16.5. The van der Waals surface area contributed by atoms with E-state index in [1.807, 2.05) is 6.92 Å². The summed E-state index contributed by atoms with van der Waals surface area (Å²) in [5.74, 6) is -1.18. The Balaban J connectivity index is 2.74. The van der Waals surface area contributed by atoms with Crippen LogP contribution in [-0.2, 0) is 14.3 Å². The van der Waals surface area contributed by atoms with Crippen LogP contribution in [-0.4, -0.2) is 47.2 Å². The van der Waals surface area contributed by atoms with Gasteiger partial charge in [0.2, 0.25) is 5.91 Å². The molecule has 1 saturated heterocycles. The van der Waals surface area contributed by atoms with Crippen LogP contribution in [0.15, 0.2) is 0 Å². The molecule has 1 aliphatic rings. The summed E-state index contributed by atoms with van der Waals surface area (Å²) in [6, 6.07) is 0. The lowest BCUT2D eigenvalue weighted by Crippen LogP contribution is -2.56. The maximum absolute atomic E-state index is 11.1. The second-order valence-corrected chi connectivity index (χ2v) is 3.23. The number of carboxylic acid groups (broad SMARTS) is 1. The van der Waals surface area contributed by atoms with Crippen molar-refractivity contribution < 1.29 is 19.4 Å². The fourth-order valence-electron chi connectivity index (χ4n) is 1.23. The van der Waals surface area contributed by atoms with E-state index in [9.17, 15) is 9.59 Å². The van der Waals surface area contributed by atoms with E-state index >= 15 is 0 Å². The van der Waals surface area contributed by atoms with Crippen LogP contribution in [0.4, 0.5) is 0 Å². The van der Waals surface area contributed by atoms with Crippen molar-refractivity contribution in [1.29, 1.82) is 0 Å². The number of carbonyl (C=O) groups excluding carboxylic acids is 1. The van der Waals surface area contributed by atoms with Gasteiger partial charge in [-0.15, -0.1) is 0 Å². The molecule has 5 nitrogen and oxygen atoms in total.